The Morgan fingerprint density at radius 3 is 2.64 bits per heavy atom. The third kappa shape index (κ3) is 2.58. The average molecular weight is 294 g/mol. The number of carboxylic acids is 1. The minimum Gasteiger partial charge on any atom is -0.481 e. The van der Waals surface area contributed by atoms with Crippen LogP contribution in [0, 0.1) is 6.92 Å². The summed E-state index contributed by atoms with van der Waals surface area (Å²) in [5.74, 6) is -0.333. The van der Waals surface area contributed by atoms with E-state index in [0.717, 1.165) is 11.3 Å². The maximum absolute atomic E-state index is 11.2. The molecule has 3 rings (SSSR count). The van der Waals surface area contributed by atoms with E-state index < -0.39 is 5.97 Å². The molecule has 0 amide bonds. The summed E-state index contributed by atoms with van der Waals surface area (Å²) in [5.41, 5.74) is 2.99. The molecule has 0 radical (unpaired) electrons. The lowest BCUT2D eigenvalue weighted by Gasteiger charge is -2.08. The van der Waals surface area contributed by atoms with Crippen LogP contribution in [0.2, 0.25) is 0 Å². The van der Waals surface area contributed by atoms with E-state index in [9.17, 15) is 9.90 Å². The van der Waals surface area contributed by atoms with Gasteiger partial charge in [0.2, 0.25) is 0 Å². The number of benzene rings is 1. The lowest BCUT2D eigenvalue weighted by molar-refractivity contribution is -0.136. The van der Waals surface area contributed by atoms with Gasteiger partial charge in [0, 0.05) is 23.5 Å². The molecule has 2 heterocycles. The first-order chi connectivity index (χ1) is 10.7. The Morgan fingerprint density at radius 1 is 1.23 bits per heavy atom. The number of aromatic nitrogens is 4. The van der Waals surface area contributed by atoms with Crippen molar-refractivity contribution in [2.24, 2.45) is 0 Å². The van der Waals surface area contributed by atoms with E-state index in [-0.39, 0.29) is 6.42 Å². The molecule has 0 fully saturated rings. The summed E-state index contributed by atoms with van der Waals surface area (Å²) in [6, 6.07) is 9.58. The van der Waals surface area contributed by atoms with Crippen molar-refractivity contribution in [3.63, 3.8) is 0 Å². The monoisotopic (exact) mass is 294 g/mol. The van der Waals surface area contributed by atoms with Gasteiger partial charge in [-0.3, -0.25) is 9.78 Å². The first-order valence-corrected chi connectivity index (χ1v) is 6.79. The number of aryl methyl sites for hydroxylation is 1. The molecule has 0 saturated heterocycles. The zero-order valence-electron chi connectivity index (χ0n) is 12.0. The second-order valence-corrected chi connectivity index (χ2v) is 4.82. The van der Waals surface area contributed by atoms with Gasteiger partial charge in [0.05, 0.1) is 24.0 Å². The first kappa shape index (κ1) is 13.9. The molecule has 0 aliphatic carbocycles. The van der Waals surface area contributed by atoms with E-state index >= 15 is 0 Å². The van der Waals surface area contributed by atoms with Gasteiger partial charge >= 0.3 is 5.97 Å². The molecule has 0 saturated carbocycles. The van der Waals surface area contributed by atoms with Gasteiger partial charge in [-0.25, -0.2) is 9.67 Å². The number of aliphatic carboxylic acids is 1. The molecule has 110 valence electrons. The number of hydrogen-bond donors (Lipinski definition) is 1. The van der Waals surface area contributed by atoms with Crippen molar-refractivity contribution >= 4 is 5.97 Å². The van der Waals surface area contributed by atoms with Crippen molar-refractivity contribution < 1.29 is 9.90 Å². The Labute approximate surface area is 127 Å². The smallest absolute Gasteiger partial charge is 0.307 e. The molecular weight excluding hydrogens is 280 g/mol. The molecule has 1 aromatic carbocycles. The standard InChI is InChI=1S/C16H14N4O2/c1-11-13(9-15(21)22)16(12-5-3-2-4-6-12)20(19-11)14-10-17-7-8-18-14/h2-8,10H,9H2,1H3,(H,21,22). The highest BCUT2D eigenvalue weighted by Crippen LogP contribution is 2.28. The van der Waals surface area contributed by atoms with Crippen LogP contribution in [0.3, 0.4) is 0 Å². The van der Waals surface area contributed by atoms with Crippen LogP contribution in [0.4, 0.5) is 0 Å². The van der Waals surface area contributed by atoms with Gasteiger partial charge in [-0.05, 0) is 6.92 Å². The van der Waals surface area contributed by atoms with Gasteiger partial charge in [0.25, 0.3) is 0 Å². The van der Waals surface area contributed by atoms with Crippen molar-refractivity contribution in [1.29, 1.82) is 0 Å². The Morgan fingerprint density at radius 2 is 2.00 bits per heavy atom. The molecule has 22 heavy (non-hydrogen) atoms. The lowest BCUT2D eigenvalue weighted by Crippen LogP contribution is -2.05. The maximum Gasteiger partial charge on any atom is 0.307 e. The Bertz CT molecular complexity index is 798. The number of nitrogens with zero attached hydrogens (tertiary/aromatic N) is 4. The number of hydrogen-bond acceptors (Lipinski definition) is 4. The SMILES string of the molecule is Cc1nn(-c2cnccn2)c(-c2ccccc2)c1CC(=O)O. The number of carboxylic acid groups (broad SMARTS) is 1. The summed E-state index contributed by atoms with van der Waals surface area (Å²) in [4.78, 5) is 19.5. The zero-order chi connectivity index (χ0) is 15.5. The second kappa shape index (κ2) is 5.77. The van der Waals surface area contributed by atoms with Crippen LogP contribution < -0.4 is 0 Å². The van der Waals surface area contributed by atoms with Crippen LogP contribution in [0.25, 0.3) is 17.1 Å². The summed E-state index contributed by atoms with van der Waals surface area (Å²) in [7, 11) is 0. The van der Waals surface area contributed by atoms with E-state index in [4.69, 9.17) is 0 Å². The molecule has 6 nitrogen and oxygen atoms in total. The lowest BCUT2D eigenvalue weighted by atomic mass is 10.0. The summed E-state index contributed by atoms with van der Waals surface area (Å²) in [5, 5.41) is 13.6. The van der Waals surface area contributed by atoms with Crippen LogP contribution in [-0.4, -0.2) is 30.8 Å². The van der Waals surface area contributed by atoms with Gasteiger partial charge in [-0.2, -0.15) is 5.10 Å². The van der Waals surface area contributed by atoms with E-state index in [2.05, 4.69) is 15.1 Å². The van der Waals surface area contributed by atoms with Crippen molar-refractivity contribution in [3.05, 3.63) is 60.2 Å². The third-order valence-corrected chi connectivity index (χ3v) is 3.33. The highest BCUT2D eigenvalue weighted by molar-refractivity contribution is 5.76. The highest BCUT2D eigenvalue weighted by Gasteiger charge is 2.20. The quantitative estimate of drug-likeness (QED) is 0.798. The van der Waals surface area contributed by atoms with Crippen LogP contribution in [0.1, 0.15) is 11.3 Å². The highest BCUT2D eigenvalue weighted by atomic mass is 16.4. The average Bonchev–Trinajstić information content (AvgIpc) is 2.85. The van der Waals surface area contributed by atoms with E-state index in [1.54, 1.807) is 30.2 Å². The molecule has 0 atom stereocenters. The predicted octanol–water partition coefficient (Wildman–Crippen LogP) is 2.26. The minimum absolute atomic E-state index is 0.0870. The summed E-state index contributed by atoms with van der Waals surface area (Å²) in [6.45, 7) is 1.80. The molecule has 0 aliphatic rings. The molecule has 1 N–H and O–H groups in total. The zero-order valence-corrected chi connectivity index (χ0v) is 12.0. The van der Waals surface area contributed by atoms with E-state index in [1.165, 1.54) is 0 Å². The molecule has 0 spiro atoms. The molecule has 0 bridgehead atoms. The van der Waals surface area contributed by atoms with Gasteiger partial charge in [-0.15, -0.1) is 0 Å². The fourth-order valence-electron chi connectivity index (χ4n) is 2.38. The fourth-order valence-corrected chi connectivity index (χ4v) is 2.38. The largest absolute Gasteiger partial charge is 0.481 e. The summed E-state index contributed by atoms with van der Waals surface area (Å²) in [6.07, 6.45) is 4.68. The van der Waals surface area contributed by atoms with Gasteiger partial charge in [-0.1, -0.05) is 30.3 Å². The second-order valence-electron chi connectivity index (χ2n) is 4.82. The maximum atomic E-state index is 11.2. The third-order valence-electron chi connectivity index (χ3n) is 3.33. The Balaban J connectivity index is 2.25. The molecule has 0 aliphatic heterocycles. The van der Waals surface area contributed by atoms with E-state index in [0.29, 0.717) is 17.1 Å². The van der Waals surface area contributed by atoms with Crippen molar-refractivity contribution in [2.75, 3.05) is 0 Å². The Hall–Kier alpha value is -3.02. The fraction of sp³-hybridized carbons (Fsp3) is 0.125. The summed E-state index contributed by atoms with van der Waals surface area (Å²) < 4.78 is 1.65. The van der Waals surface area contributed by atoms with Gasteiger partial charge < -0.3 is 5.11 Å². The van der Waals surface area contributed by atoms with Crippen molar-refractivity contribution in [1.82, 2.24) is 19.7 Å². The van der Waals surface area contributed by atoms with Crippen LogP contribution in [0.15, 0.2) is 48.9 Å². The van der Waals surface area contributed by atoms with Crippen molar-refractivity contribution in [2.45, 2.75) is 13.3 Å². The van der Waals surface area contributed by atoms with Crippen LogP contribution in [0.5, 0.6) is 0 Å². The molecule has 0 unspecified atom stereocenters. The molecular formula is C16H14N4O2. The molecule has 6 heteroatoms. The predicted molar refractivity (Wildman–Crippen MR) is 80.7 cm³/mol. The minimum atomic E-state index is -0.890. The first-order valence-electron chi connectivity index (χ1n) is 6.79. The van der Waals surface area contributed by atoms with E-state index in [1.807, 2.05) is 30.3 Å². The normalized spacial score (nSPS) is 10.6. The topological polar surface area (TPSA) is 80.9 Å². The Kier molecular flexibility index (Phi) is 3.65. The van der Waals surface area contributed by atoms with Gasteiger partial charge in [0.15, 0.2) is 5.82 Å². The molecule has 3 aromatic rings. The summed E-state index contributed by atoms with van der Waals surface area (Å²) >= 11 is 0. The van der Waals surface area contributed by atoms with Gasteiger partial charge in [0.1, 0.15) is 0 Å². The number of rotatable bonds is 4. The van der Waals surface area contributed by atoms with Crippen molar-refractivity contribution in [3.8, 4) is 17.1 Å². The van der Waals surface area contributed by atoms with Crippen LogP contribution >= 0.6 is 0 Å². The molecule has 2 aromatic heterocycles. The van der Waals surface area contributed by atoms with Crippen LogP contribution in [-0.2, 0) is 11.2 Å². The number of carbonyl (C=O) groups is 1.